The minimum Gasteiger partial charge on any atom is -0.490 e. The van der Waals surface area contributed by atoms with Gasteiger partial charge in [0.05, 0.1) is 11.1 Å². The number of hydrogen-bond donors (Lipinski definition) is 1. The fourth-order valence-corrected chi connectivity index (χ4v) is 2.75. The van der Waals surface area contributed by atoms with E-state index < -0.39 is 5.41 Å². The SMILES string of the molecule is CCCN1C(=O)C(C)(C)COc2cc(NC(=O)CC(C)C)ccc21. The van der Waals surface area contributed by atoms with Crippen LogP contribution in [0.3, 0.4) is 0 Å². The first-order valence-corrected chi connectivity index (χ1v) is 8.63. The Balaban J connectivity index is 2.30. The average Bonchev–Trinajstić information content (AvgIpc) is 2.57. The first kappa shape index (κ1) is 18.3. The fourth-order valence-electron chi connectivity index (χ4n) is 2.75. The van der Waals surface area contributed by atoms with Crippen molar-refractivity contribution in [1.29, 1.82) is 0 Å². The second-order valence-corrected chi connectivity index (χ2v) is 7.46. The summed E-state index contributed by atoms with van der Waals surface area (Å²) in [4.78, 5) is 26.5. The van der Waals surface area contributed by atoms with Crippen molar-refractivity contribution >= 4 is 23.2 Å². The Bertz CT molecular complexity index is 623. The van der Waals surface area contributed by atoms with Gasteiger partial charge >= 0.3 is 0 Å². The van der Waals surface area contributed by atoms with E-state index in [1.54, 1.807) is 4.90 Å². The Kier molecular flexibility index (Phi) is 5.52. The predicted octanol–water partition coefficient (Wildman–Crippen LogP) is 3.83. The number of nitrogens with zero attached hydrogens (tertiary/aromatic N) is 1. The third-order valence-corrected chi connectivity index (χ3v) is 3.99. The summed E-state index contributed by atoms with van der Waals surface area (Å²) in [6.07, 6.45) is 1.35. The van der Waals surface area contributed by atoms with E-state index in [1.165, 1.54) is 0 Å². The van der Waals surface area contributed by atoms with E-state index >= 15 is 0 Å². The molecule has 1 aromatic rings. The topological polar surface area (TPSA) is 58.6 Å². The molecule has 0 saturated heterocycles. The molecule has 0 bridgehead atoms. The van der Waals surface area contributed by atoms with Crippen LogP contribution in [0.15, 0.2) is 18.2 Å². The number of ether oxygens (including phenoxy) is 1. The Morgan fingerprint density at radius 2 is 2.08 bits per heavy atom. The van der Waals surface area contributed by atoms with Crippen LogP contribution in [0.4, 0.5) is 11.4 Å². The Morgan fingerprint density at radius 1 is 1.38 bits per heavy atom. The normalized spacial score (nSPS) is 16.4. The van der Waals surface area contributed by atoms with Gasteiger partial charge in [0.2, 0.25) is 11.8 Å². The van der Waals surface area contributed by atoms with Gasteiger partial charge in [-0.1, -0.05) is 20.8 Å². The number of rotatable bonds is 5. The number of carbonyl (C=O) groups excluding carboxylic acids is 2. The highest BCUT2D eigenvalue weighted by atomic mass is 16.5. The van der Waals surface area contributed by atoms with Crippen molar-refractivity contribution in [3.05, 3.63) is 18.2 Å². The van der Waals surface area contributed by atoms with Gasteiger partial charge in [0.1, 0.15) is 12.4 Å². The van der Waals surface area contributed by atoms with Crippen molar-refractivity contribution in [2.24, 2.45) is 11.3 Å². The van der Waals surface area contributed by atoms with E-state index in [2.05, 4.69) is 5.32 Å². The van der Waals surface area contributed by atoms with Gasteiger partial charge in [-0.2, -0.15) is 0 Å². The quantitative estimate of drug-likeness (QED) is 0.891. The van der Waals surface area contributed by atoms with Gasteiger partial charge in [-0.3, -0.25) is 9.59 Å². The zero-order chi connectivity index (χ0) is 17.9. The molecule has 132 valence electrons. The number of fused-ring (bicyclic) bond motifs is 1. The summed E-state index contributed by atoms with van der Waals surface area (Å²) < 4.78 is 5.90. The molecule has 1 aliphatic heterocycles. The molecule has 0 radical (unpaired) electrons. The van der Waals surface area contributed by atoms with Gasteiger partial charge in [-0.15, -0.1) is 0 Å². The molecule has 0 spiro atoms. The van der Waals surface area contributed by atoms with Gasteiger partial charge in [0.25, 0.3) is 0 Å². The molecule has 1 aromatic carbocycles. The highest BCUT2D eigenvalue weighted by Crippen LogP contribution is 2.38. The Morgan fingerprint density at radius 3 is 2.71 bits per heavy atom. The Labute approximate surface area is 144 Å². The zero-order valence-corrected chi connectivity index (χ0v) is 15.3. The van der Waals surface area contributed by atoms with E-state index in [9.17, 15) is 9.59 Å². The van der Waals surface area contributed by atoms with Gasteiger partial charge in [0.15, 0.2) is 0 Å². The maximum Gasteiger partial charge on any atom is 0.236 e. The highest BCUT2D eigenvalue weighted by molar-refractivity contribution is 6.00. The van der Waals surface area contributed by atoms with Crippen molar-refractivity contribution < 1.29 is 14.3 Å². The highest BCUT2D eigenvalue weighted by Gasteiger charge is 2.37. The van der Waals surface area contributed by atoms with Crippen LogP contribution in [-0.4, -0.2) is 25.0 Å². The van der Waals surface area contributed by atoms with E-state index in [4.69, 9.17) is 4.74 Å². The molecule has 24 heavy (non-hydrogen) atoms. The standard InChI is InChI=1S/C19H28N2O3/c1-6-9-21-15-8-7-14(20-17(22)10-13(2)3)11-16(15)24-12-19(4,5)18(21)23/h7-8,11,13H,6,9-10,12H2,1-5H3,(H,20,22). The molecule has 1 heterocycles. The number of hydrogen-bond acceptors (Lipinski definition) is 3. The molecule has 0 atom stereocenters. The van der Waals surface area contributed by atoms with Crippen molar-refractivity contribution in [3.63, 3.8) is 0 Å². The van der Waals surface area contributed by atoms with Crippen molar-refractivity contribution in [2.45, 2.75) is 47.5 Å². The molecule has 5 heteroatoms. The monoisotopic (exact) mass is 332 g/mol. The summed E-state index contributed by atoms with van der Waals surface area (Å²) in [7, 11) is 0. The summed E-state index contributed by atoms with van der Waals surface area (Å²) in [6.45, 7) is 10.8. The lowest BCUT2D eigenvalue weighted by Gasteiger charge is -2.27. The minimum absolute atomic E-state index is 0.0135. The molecule has 2 amide bonds. The van der Waals surface area contributed by atoms with Gasteiger partial charge in [0, 0.05) is 24.7 Å². The third kappa shape index (κ3) is 4.08. The van der Waals surface area contributed by atoms with E-state index in [0.29, 0.717) is 36.9 Å². The molecule has 0 aromatic heterocycles. The molecule has 1 N–H and O–H groups in total. The van der Waals surface area contributed by atoms with Crippen LogP contribution in [0.2, 0.25) is 0 Å². The molecule has 2 rings (SSSR count). The number of amides is 2. The van der Waals surface area contributed by atoms with Crippen LogP contribution in [0.1, 0.15) is 47.5 Å². The van der Waals surface area contributed by atoms with E-state index in [1.807, 2.05) is 52.8 Å². The fraction of sp³-hybridized carbons (Fsp3) is 0.579. The smallest absolute Gasteiger partial charge is 0.236 e. The summed E-state index contributed by atoms with van der Waals surface area (Å²) in [6, 6.07) is 5.49. The molecular weight excluding hydrogens is 304 g/mol. The molecular formula is C19H28N2O3. The van der Waals surface area contributed by atoms with Crippen LogP contribution in [-0.2, 0) is 9.59 Å². The number of carbonyl (C=O) groups is 2. The second kappa shape index (κ2) is 7.24. The lowest BCUT2D eigenvalue weighted by atomic mass is 9.93. The first-order chi connectivity index (χ1) is 11.2. The largest absolute Gasteiger partial charge is 0.490 e. The van der Waals surface area contributed by atoms with Crippen LogP contribution in [0.5, 0.6) is 5.75 Å². The molecule has 0 fully saturated rings. The van der Waals surface area contributed by atoms with Crippen LogP contribution < -0.4 is 15.0 Å². The third-order valence-electron chi connectivity index (χ3n) is 3.99. The van der Waals surface area contributed by atoms with E-state index in [0.717, 1.165) is 12.1 Å². The minimum atomic E-state index is -0.574. The first-order valence-electron chi connectivity index (χ1n) is 8.63. The maximum absolute atomic E-state index is 12.8. The zero-order valence-electron chi connectivity index (χ0n) is 15.3. The summed E-state index contributed by atoms with van der Waals surface area (Å²) in [5, 5.41) is 2.90. The van der Waals surface area contributed by atoms with Gasteiger partial charge in [-0.05, 0) is 38.3 Å². The van der Waals surface area contributed by atoms with E-state index in [-0.39, 0.29) is 11.8 Å². The molecule has 0 unspecified atom stereocenters. The second-order valence-electron chi connectivity index (χ2n) is 7.46. The van der Waals surface area contributed by atoms with Crippen LogP contribution in [0, 0.1) is 11.3 Å². The Hall–Kier alpha value is -2.04. The summed E-state index contributed by atoms with van der Waals surface area (Å²) in [5.41, 5.74) is 0.896. The lowest BCUT2D eigenvalue weighted by molar-refractivity contribution is -0.127. The molecule has 0 saturated carbocycles. The average molecular weight is 332 g/mol. The van der Waals surface area contributed by atoms with Gasteiger partial charge in [-0.25, -0.2) is 0 Å². The maximum atomic E-state index is 12.8. The van der Waals surface area contributed by atoms with Crippen molar-refractivity contribution in [3.8, 4) is 5.75 Å². The van der Waals surface area contributed by atoms with Crippen molar-refractivity contribution in [2.75, 3.05) is 23.4 Å². The number of anilines is 2. The number of benzene rings is 1. The van der Waals surface area contributed by atoms with Crippen molar-refractivity contribution in [1.82, 2.24) is 0 Å². The molecule has 1 aliphatic rings. The van der Waals surface area contributed by atoms with Crippen LogP contribution >= 0.6 is 0 Å². The van der Waals surface area contributed by atoms with Crippen LogP contribution in [0.25, 0.3) is 0 Å². The molecule has 0 aliphatic carbocycles. The number of nitrogens with one attached hydrogen (secondary N) is 1. The predicted molar refractivity (Wildman–Crippen MR) is 96.4 cm³/mol. The molecule has 5 nitrogen and oxygen atoms in total. The summed E-state index contributed by atoms with van der Waals surface area (Å²) in [5.74, 6) is 1.00. The van der Waals surface area contributed by atoms with Gasteiger partial charge < -0.3 is 15.0 Å². The lowest BCUT2D eigenvalue weighted by Crippen LogP contribution is -2.42. The summed E-state index contributed by atoms with van der Waals surface area (Å²) >= 11 is 0.